The van der Waals surface area contributed by atoms with Gasteiger partial charge in [0, 0.05) is 12.2 Å². The standard InChI is InChI=1S/C16H19NO/c1-2-12-17-15-10-8-14(9-11-15)13-18-16-6-4-3-5-7-16/h3-11,17H,2,12-13H2,1H3. The van der Waals surface area contributed by atoms with Gasteiger partial charge in [0.25, 0.3) is 0 Å². The minimum atomic E-state index is 0.609. The number of ether oxygens (including phenoxy) is 1. The number of benzene rings is 2. The fourth-order valence-corrected chi connectivity index (χ4v) is 1.67. The molecule has 2 heteroatoms. The zero-order valence-electron chi connectivity index (χ0n) is 10.7. The molecule has 0 aromatic heterocycles. The fourth-order valence-electron chi connectivity index (χ4n) is 1.67. The van der Waals surface area contributed by atoms with Gasteiger partial charge in [-0.25, -0.2) is 0 Å². The summed E-state index contributed by atoms with van der Waals surface area (Å²) in [6.07, 6.45) is 1.14. The summed E-state index contributed by atoms with van der Waals surface area (Å²) in [6, 6.07) is 18.3. The van der Waals surface area contributed by atoms with Gasteiger partial charge in [0.05, 0.1) is 0 Å². The summed E-state index contributed by atoms with van der Waals surface area (Å²) < 4.78 is 5.69. The molecule has 0 aliphatic carbocycles. The highest BCUT2D eigenvalue weighted by atomic mass is 16.5. The fraction of sp³-hybridized carbons (Fsp3) is 0.250. The Labute approximate surface area is 109 Å². The van der Waals surface area contributed by atoms with E-state index in [0.717, 1.165) is 18.7 Å². The van der Waals surface area contributed by atoms with Crippen LogP contribution in [0.15, 0.2) is 54.6 Å². The van der Waals surface area contributed by atoms with Gasteiger partial charge in [-0.15, -0.1) is 0 Å². The van der Waals surface area contributed by atoms with E-state index in [9.17, 15) is 0 Å². The average molecular weight is 241 g/mol. The molecule has 1 N–H and O–H groups in total. The van der Waals surface area contributed by atoms with Crippen molar-refractivity contribution in [2.45, 2.75) is 20.0 Å². The van der Waals surface area contributed by atoms with Crippen molar-refractivity contribution in [3.8, 4) is 5.75 Å². The van der Waals surface area contributed by atoms with Crippen molar-refractivity contribution >= 4 is 5.69 Å². The van der Waals surface area contributed by atoms with Crippen LogP contribution in [0.1, 0.15) is 18.9 Å². The second kappa shape index (κ2) is 6.70. The molecule has 0 atom stereocenters. The van der Waals surface area contributed by atoms with Gasteiger partial charge in [0.2, 0.25) is 0 Å². The molecule has 2 aromatic rings. The number of anilines is 1. The van der Waals surface area contributed by atoms with Gasteiger partial charge in [-0.05, 0) is 36.2 Å². The molecule has 0 spiro atoms. The monoisotopic (exact) mass is 241 g/mol. The first-order valence-corrected chi connectivity index (χ1v) is 6.39. The summed E-state index contributed by atoms with van der Waals surface area (Å²) in [5.74, 6) is 0.908. The predicted octanol–water partition coefficient (Wildman–Crippen LogP) is 4.09. The minimum absolute atomic E-state index is 0.609. The first-order valence-electron chi connectivity index (χ1n) is 6.39. The smallest absolute Gasteiger partial charge is 0.119 e. The molecule has 0 aliphatic heterocycles. The van der Waals surface area contributed by atoms with Crippen molar-refractivity contribution in [2.75, 3.05) is 11.9 Å². The zero-order chi connectivity index (χ0) is 12.6. The van der Waals surface area contributed by atoms with Gasteiger partial charge < -0.3 is 10.1 Å². The van der Waals surface area contributed by atoms with Crippen LogP contribution in [0.4, 0.5) is 5.69 Å². The molecule has 0 heterocycles. The second-order valence-electron chi connectivity index (χ2n) is 4.23. The molecule has 0 saturated carbocycles. The summed E-state index contributed by atoms with van der Waals surface area (Å²) in [5.41, 5.74) is 2.35. The lowest BCUT2D eigenvalue weighted by molar-refractivity contribution is 0.306. The van der Waals surface area contributed by atoms with Gasteiger partial charge >= 0.3 is 0 Å². The van der Waals surface area contributed by atoms with Crippen LogP contribution < -0.4 is 10.1 Å². The van der Waals surface area contributed by atoms with Crippen molar-refractivity contribution in [1.29, 1.82) is 0 Å². The van der Waals surface area contributed by atoms with Crippen LogP contribution in [0.2, 0.25) is 0 Å². The molecule has 0 saturated heterocycles. The number of nitrogens with one attached hydrogen (secondary N) is 1. The zero-order valence-corrected chi connectivity index (χ0v) is 10.7. The largest absolute Gasteiger partial charge is 0.489 e. The van der Waals surface area contributed by atoms with Gasteiger partial charge in [-0.1, -0.05) is 37.3 Å². The number of hydrogen-bond acceptors (Lipinski definition) is 2. The summed E-state index contributed by atoms with van der Waals surface area (Å²) in [5, 5.41) is 3.35. The van der Waals surface area contributed by atoms with Crippen molar-refractivity contribution in [1.82, 2.24) is 0 Å². The maximum atomic E-state index is 5.69. The molecule has 0 bridgehead atoms. The molecule has 0 fully saturated rings. The molecule has 0 radical (unpaired) electrons. The number of para-hydroxylation sites is 1. The summed E-state index contributed by atoms with van der Waals surface area (Å²) in [6.45, 7) is 3.78. The third-order valence-electron chi connectivity index (χ3n) is 2.68. The SMILES string of the molecule is CCCNc1ccc(COc2ccccc2)cc1. The molecule has 18 heavy (non-hydrogen) atoms. The first kappa shape index (κ1) is 12.5. The van der Waals surface area contributed by atoms with Gasteiger partial charge in [0.1, 0.15) is 12.4 Å². The van der Waals surface area contributed by atoms with E-state index in [1.54, 1.807) is 0 Å². The van der Waals surface area contributed by atoms with E-state index < -0.39 is 0 Å². The highest BCUT2D eigenvalue weighted by Gasteiger charge is 1.96. The Morgan fingerprint density at radius 2 is 1.67 bits per heavy atom. The minimum Gasteiger partial charge on any atom is -0.489 e. The Kier molecular flexibility index (Phi) is 4.65. The lowest BCUT2D eigenvalue weighted by atomic mass is 10.2. The molecule has 2 aromatic carbocycles. The van der Waals surface area contributed by atoms with Crippen LogP contribution in [-0.4, -0.2) is 6.54 Å². The van der Waals surface area contributed by atoms with E-state index in [1.165, 1.54) is 11.3 Å². The maximum absolute atomic E-state index is 5.69. The van der Waals surface area contributed by atoms with Gasteiger partial charge in [-0.3, -0.25) is 0 Å². The van der Waals surface area contributed by atoms with E-state index in [2.05, 4.69) is 36.5 Å². The van der Waals surface area contributed by atoms with Crippen LogP contribution >= 0.6 is 0 Å². The molecule has 0 aliphatic rings. The molecule has 2 rings (SSSR count). The molecule has 94 valence electrons. The van der Waals surface area contributed by atoms with Crippen LogP contribution in [0, 0.1) is 0 Å². The van der Waals surface area contributed by atoms with E-state index in [0.29, 0.717) is 6.61 Å². The van der Waals surface area contributed by atoms with Crippen LogP contribution in [0.25, 0.3) is 0 Å². The van der Waals surface area contributed by atoms with E-state index in [4.69, 9.17) is 4.74 Å². The maximum Gasteiger partial charge on any atom is 0.119 e. The first-order chi connectivity index (χ1) is 8.88. The molecule has 0 amide bonds. The molecule has 2 nitrogen and oxygen atoms in total. The quantitative estimate of drug-likeness (QED) is 0.822. The Bertz CT molecular complexity index is 450. The van der Waals surface area contributed by atoms with Crippen molar-refractivity contribution in [2.24, 2.45) is 0 Å². The number of rotatable bonds is 6. The van der Waals surface area contributed by atoms with E-state index in [1.807, 2.05) is 30.3 Å². The van der Waals surface area contributed by atoms with Crippen LogP contribution in [0.3, 0.4) is 0 Å². The molecular weight excluding hydrogens is 222 g/mol. The topological polar surface area (TPSA) is 21.3 Å². The Morgan fingerprint density at radius 3 is 2.33 bits per heavy atom. The van der Waals surface area contributed by atoms with Crippen molar-refractivity contribution in [3.05, 3.63) is 60.2 Å². The number of hydrogen-bond donors (Lipinski definition) is 1. The third-order valence-corrected chi connectivity index (χ3v) is 2.68. The lowest BCUT2D eigenvalue weighted by Gasteiger charge is -2.08. The summed E-state index contributed by atoms with van der Waals surface area (Å²) in [7, 11) is 0. The highest BCUT2D eigenvalue weighted by Crippen LogP contribution is 2.13. The summed E-state index contributed by atoms with van der Waals surface area (Å²) in [4.78, 5) is 0. The van der Waals surface area contributed by atoms with Crippen molar-refractivity contribution in [3.63, 3.8) is 0 Å². The lowest BCUT2D eigenvalue weighted by Crippen LogP contribution is -2.00. The Morgan fingerprint density at radius 1 is 0.944 bits per heavy atom. The van der Waals surface area contributed by atoms with Crippen LogP contribution in [0.5, 0.6) is 5.75 Å². The Balaban J connectivity index is 1.86. The van der Waals surface area contributed by atoms with Crippen LogP contribution in [-0.2, 0) is 6.61 Å². The van der Waals surface area contributed by atoms with Gasteiger partial charge in [0.15, 0.2) is 0 Å². The highest BCUT2D eigenvalue weighted by molar-refractivity contribution is 5.44. The van der Waals surface area contributed by atoms with E-state index in [-0.39, 0.29) is 0 Å². The normalized spacial score (nSPS) is 10.1. The second-order valence-corrected chi connectivity index (χ2v) is 4.23. The predicted molar refractivity (Wildman–Crippen MR) is 76.0 cm³/mol. The van der Waals surface area contributed by atoms with E-state index >= 15 is 0 Å². The molecule has 0 unspecified atom stereocenters. The summed E-state index contributed by atoms with van der Waals surface area (Å²) >= 11 is 0. The van der Waals surface area contributed by atoms with Gasteiger partial charge in [-0.2, -0.15) is 0 Å². The Hall–Kier alpha value is -1.96. The molecular formula is C16H19NO. The average Bonchev–Trinajstić information content (AvgIpc) is 2.45. The third kappa shape index (κ3) is 3.81. The van der Waals surface area contributed by atoms with Crippen molar-refractivity contribution < 1.29 is 4.74 Å².